The normalized spacial score (nSPS) is 11.9. The van der Waals surface area contributed by atoms with Crippen LogP contribution in [0.25, 0.3) is 22.2 Å². The van der Waals surface area contributed by atoms with E-state index in [4.69, 9.17) is 11.5 Å². The molecule has 0 unspecified atom stereocenters. The predicted octanol–water partition coefficient (Wildman–Crippen LogP) is 4.44. The minimum atomic E-state index is -0.707. The monoisotopic (exact) mass is 526 g/mol. The number of rotatable bonds is 9. The number of pyridine rings is 1. The Kier molecular flexibility index (Phi) is 7.09. The van der Waals surface area contributed by atoms with Gasteiger partial charge >= 0.3 is 0 Å². The van der Waals surface area contributed by atoms with E-state index in [2.05, 4.69) is 15.0 Å². The van der Waals surface area contributed by atoms with Gasteiger partial charge in [-0.25, -0.2) is 13.8 Å². The number of ketones is 1. The maximum absolute atomic E-state index is 14.0. The average Bonchev–Trinajstić information content (AvgIpc) is 3.29. The van der Waals surface area contributed by atoms with Crippen molar-refractivity contribution in [1.82, 2.24) is 19.5 Å². The number of carbonyl (C=O) groups excluding carboxylic acids is 2. The van der Waals surface area contributed by atoms with Crippen molar-refractivity contribution >= 4 is 28.7 Å². The van der Waals surface area contributed by atoms with Crippen LogP contribution < -0.4 is 11.5 Å². The second-order valence-electron chi connectivity index (χ2n) is 9.25. The van der Waals surface area contributed by atoms with Gasteiger partial charge in [0.15, 0.2) is 5.78 Å². The number of carbonyl (C=O) groups is 2. The number of hydrogen-bond acceptors (Lipinski definition) is 6. The second-order valence-corrected chi connectivity index (χ2v) is 9.25. The summed E-state index contributed by atoms with van der Waals surface area (Å²) in [6, 6.07) is 15.4. The van der Waals surface area contributed by atoms with Gasteiger partial charge < -0.3 is 16.0 Å². The first-order valence-corrected chi connectivity index (χ1v) is 12.2. The molecule has 2 aromatic carbocycles. The largest absolute Gasteiger partial charge is 0.368 e. The first-order valence-electron chi connectivity index (χ1n) is 12.2. The summed E-state index contributed by atoms with van der Waals surface area (Å²) in [5, 5.41) is 0.741. The van der Waals surface area contributed by atoms with Crippen molar-refractivity contribution in [2.75, 3.05) is 5.73 Å². The van der Waals surface area contributed by atoms with Crippen LogP contribution in [0.5, 0.6) is 0 Å². The van der Waals surface area contributed by atoms with E-state index in [0.29, 0.717) is 33.6 Å². The SMILES string of the molecule is NC(=O)c1cccc(-c2cccnc2[C@@H](CC(=O)Cn2ccc3cnc(N)nc32)Cc2cc(F)cc(F)c2)c1. The Bertz CT molecular complexity index is 1680. The number of aromatic nitrogens is 4. The second kappa shape index (κ2) is 10.8. The smallest absolute Gasteiger partial charge is 0.248 e. The molecule has 1 atom stereocenters. The molecule has 5 rings (SSSR count). The quantitative estimate of drug-likeness (QED) is 0.292. The maximum atomic E-state index is 14.0. The van der Waals surface area contributed by atoms with Gasteiger partial charge in [0, 0.05) is 53.5 Å². The number of primary amides is 1. The van der Waals surface area contributed by atoms with Crippen LogP contribution in [0.2, 0.25) is 0 Å². The highest BCUT2D eigenvalue weighted by molar-refractivity contribution is 5.94. The number of nitrogens with zero attached hydrogens (tertiary/aromatic N) is 4. The summed E-state index contributed by atoms with van der Waals surface area (Å²) in [5.41, 5.74) is 14.4. The Hall–Kier alpha value is -4.99. The molecule has 0 aliphatic rings. The van der Waals surface area contributed by atoms with E-state index >= 15 is 0 Å². The highest BCUT2D eigenvalue weighted by Crippen LogP contribution is 2.33. The van der Waals surface area contributed by atoms with Crippen LogP contribution in [-0.2, 0) is 17.8 Å². The Labute approximate surface area is 222 Å². The van der Waals surface area contributed by atoms with E-state index < -0.39 is 23.5 Å². The number of nitrogens with two attached hydrogens (primary N) is 2. The molecule has 0 aliphatic carbocycles. The van der Waals surface area contributed by atoms with Crippen LogP contribution in [0.3, 0.4) is 0 Å². The molecule has 4 N–H and O–H groups in total. The van der Waals surface area contributed by atoms with E-state index in [9.17, 15) is 18.4 Å². The summed E-state index contributed by atoms with van der Waals surface area (Å²) in [6.45, 7) is 0.00723. The molecule has 3 heterocycles. The molecule has 3 aromatic heterocycles. The molecule has 0 saturated heterocycles. The van der Waals surface area contributed by atoms with E-state index in [1.807, 2.05) is 12.1 Å². The molecule has 39 heavy (non-hydrogen) atoms. The third kappa shape index (κ3) is 5.80. The van der Waals surface area contributed by atoms with E-state index in [0.717, 1.165) is 11.5 Å². The summed E-state index contributed by atoms with van der Waals surface area (Å²) in [4.78, 5) is 38.0. The van der Waals surface area contributed by atoms with Gasteiger partial charge in [0.05, 0.1) is 12.2 Å². The molecular formula is C29H24F2N6O2. The zero-order chi connectivity index (χ0) is 27.5. The van der Waals surface area contributed by atoms with Crippen molar-refractivity contribution in [1.29, 1.82) is 0 Å². The fraction of sp³-hybridized carbons (Fsp3) is 0.138. The number of amides is 1. The zero-order valence-electron chi connectivity index (χ0n) is 20.7. The molecular weight excluding hydrogens is 502 g/mol. The van der Waals surface area contributed by atoms with Crippen LogP contribution in [-0.4, -0.2) is 31.2 Å². The van der Waals surface area contributed by atoms with Crippen LogP contribution in [0.1, 0.15) is 34.0 Å². The van der Waals surface area contributed by atoms with Crippen molar-refractivity contribution < 1.29 is 18.4 Å². The lowest BCUT2D eigenvalue weighted by molar-refractivity contribution is -0.120. The Morgan fingerprint density at radius 3 is 2.54 bits per heavy atom. The third-order valence-electron chi connectivity index (χ3n) is 6.43. The van der Waals surface area contributed by atoms with Gasteiger partial charge in [-0.2, -0.15) is 4.98 Å². The highest BCUT2D eigenvalue weighted by Gasteiger charge is 2.23. The van der Waals surface area contributed by atoms with Crippen LogP contribution in [0.4, 0.5) is 14.7 Å². The summed E-state index contributed by atoms with van der Waals surface area (Å²) in [5.74, 6) is -2.57. The summed E-state index contributed by atoms with van der Waals surface area (Å²) >= 11 is 0. The number of halogens is 2. The van der Waals surface area contributed by atoms with Gasteiger partial charge in [-0.3, -0.25) is 14.6 Å². The lowest BCUT2D eigenvalue weighted by atomic mass is 9.86. The lowest BCUT2D eigenvalue weighted by Crippen LogP contribution is -2.17. The predicted molar refractivity (Wildman–Crippen MR) is 143 cm³/mol. The van der Waals surface area contributed by atoms with Crippen LogP contribution >= 0.6 is 0 Å². The molecule has 0 bridgehead atoms. The van der Waals surface area contributed by atoms with Crippen molar-refractivity contribution in [2.45, 2.75) is 25.3 Å². The van der Waals surface area contributed by atoms with E-state index in [1.54, 1.807) is 53.5 Å². The molecule has 0 saturated carbocycles. The number of fused-ring (bicyclic) bond motifs is 1. The Morgan fingerprint density at radius 1 is 0.974 bits per heavy atom. The van der Waals surface area contributed by atoms with Crippen LogP contribution in [0, 0.1) is 11.6 Å². The van der Waals surface area contributed by atoms with Gasteiger partial charge in [-0.1, -0.05) is 18.2 Å². The summed E-state index contributed by atoms with van der Waals surface area (Å²) in [6.07, 6.45) is 5.09. The molecule has 8 nitrogen and oxygen atoms in total. The highest BCUT2D eigenvalue weighted by atomic mass is 19.1. The topological polar surface area (TPSA) is 130 Å². The maximum Gasteiger partial charge on any atom is 0.248 e. The van der Waals surface area contributed by atoms with E-state index in [1.165, 1.54) is 12.1 Å². The third-order valence-corrected chi connectivity index (χ3v) is 6.43. The molecule has 0 fully saturated rings. The number of Topliss-reactive ketones (excluding diaryl/α,β-unsaturated/α-hetero) is 1. The number of benzene rings is 2. The first-order chi connectivity index (χ1) is 18.8. The van der Waals surface area contributed by atoms with Crippen LogP contribution in [0.15, 0.2) is 79.3 Å². The molecule has 0 aliphatic heterocycles. The minimum Gasteiger partial charge on any atom is -0.368 e. The fourth-order valence-electron chi connectivity index (χ4n) is 4.75. The average molecular weight is 527 g/mol. The Balaban J connectivity index is 1.52. The minimum absolute atomic E-state index is 0.00723. The number of anilines is 1. The standard InChI is InChI=1S/C29H24F2N6O2/c30-22-10-17(11-23(31)14-22)9-21(13-24(38)16-37-8-6-20-15-35-29(33)36-28(20)37)26-25(5-2-7-34-26)18-3-1-4-19(12-18)27(32)39/h1-8,10-12,14-15,21H,9,13,16H2,(H2,32,39)(H2,33,35,36)/t21-/m1/s1. The first kappa shape index (κ1) is 25.7. The van der Waals surface area contributed by atoms with Gasteiger partial charge in [-0.05, 0) is 53.9 Å². The van der Waals surface area contributed by atoms with Gasteiger partial charge in [-0.15, -0.1) is 0 Å². The zero-order valence-corrected chi connectivity index (χ0v) is 20.7. The lowest BCUT2D eigenvalue weighted by Gasteiger charge is -2.20. The molecule has 196 valence electrons. The van der Waals surface area contributed by atoms with Gasteiger partial charge in [0.1, 0.15) is 17.3 Å². The van der Waals surface area contributed by atoms with Crippen molar-refractivity contribution in [2.24, 2.45) is 5.73 Å². The number of hydrogen-bond donors (Lipinski definition) is 2. The van der Waals surface area contributed by atoms with E-state index in [-0.39, 0.29) is 31.1 Å². The molecule has 10 heteroatoms. The van der Waals surface area contributed by atoms with Gasteiger partial charge in [0.25, 0.3) is 0 Å². The fourth-order valence-corrected chi connectivity index (χ4v) is 4.75. The van der Waals surface area contributed by atoms with Crippen molar-refractivity contribution in [3.05, 3.63) is 108 Å². The molecule has 1 amide bonds. The number of nitrogen functional groups attached to an aromatic ring is 1. The van der Waals surface area contributed by atoms with Crippen molar-refractivity contribution in [3.8, 4) is 11.1 Å². The summed E-state index contributed by atoms with van der Waals surface area (Å²) < 4.78 is 29.8. The molecule has 5 aromatic rings. The van der Waals surface area contributed by atoms with Crippen molar-refractivity contribution in [3.63, 3.8) is 0 Å². The summed E-state index contributed by atoms with van der Waals surface area (Å²) in [7, 11) is 0. The Morgan fingerprint density at radius 2 is 1.77 bits per heavy atom. The molecule has 0 spiro atoms. The van der Waals surface area contributed by atoms with Gasteiger partial charge in [0.2, 0.25) is 11.9 Å². The molecule has 0 radical (unpaired) electrons.